The van der Waals surface area contributed by atoms with E-state index in [1.165, 1.54) is 37.7 Å². The minimum atomic E-state index is 0.499. The van der Waals surface area contributed by atoms with Crippen LogP contribution in [0.1, 0.15) is 43.4 Å². The molecule has 0 amide bonds. The Morgan fingerprint density at radius 3 is 2.88 bits per heavy atom. The van der Waals surface area contributed by atoms with Crippen molar-refractivity contribution in [3.05, 3.63) is 23.7 Å². The van der Waals surface area contributed by atoms with Gasteiger partial charge in [-0.15, -0.1) is 0 Å². The van der Waals surface area contributed by atoms with Crippen molar-refractivity contribution in [2.45, 2.75) is 57.4 Å². The van der Waals surface area contributed by atoms with Gasteiger partial charge >= 0.3 is 0 Å². The Bertz CT molecular complexity index is 339. The van der Waals surface area contributed by atoms with Crippen LogP contribution in [0.5, 0.6) is 0 Å². The van der Waals surface area contributed by atoms with E-state index in [1.54, 1.807) is 6.26 Å². The molecule has 0 unspecified atom stereocenters. The summed E-state index contributed by atoms with van der Waals surface area (Å²) in [5.74, 6) is 1.05. The van der Waals surface area contributed by atoms with Crippen molar-refractivity contribution in [3.8, 4) is 0 Å². The second-order valence-electron chi connectivity index (χ2n) is 4.89. The minimum Gasteiger partial charge on any atom is -0.468 e. The topological polar surface area (TPSA) is 34.4 Å². The lowest BCUT2D eigenvalue weighted by Gasteiger charge is -2.25. The molecule has 2 aliphatic rings. The molecule has 2 aliphatic carbocycles. The van der Waals surface area contributed by atoms with Crippen molar-refractivity contribution in [2.24, 2.45) is 0 Å². The van der Waals surface area contributed by atoms with Crippen LogP contribution in [0.3, 0.4) is 0 Å². The summed E-state index contributed by atoms with van der Waals surface area (Å²) in [6.07, 6.45) is 8.68. The maximum absolute atomic E-state index is 5.80. The van der Waals surface area contributed by atoms with Crippen LogP contribution in [0.15, 0.2) is 16.7 Å². The predicted octanol–water partition coefficient (Wildman–Crippen LogP) is 2.60. The highest BCUT2D eigenvalue weighted by molar-refractivity contribution is 5.16. The van der Waals surface area contributed by atoms with Crippen molar-refractivity contribution in [1.29, 1.82) is 0 Å². The molecule has 0 aliphatic heterocycles. The van der Waals surface area contributed by atoms with Crippen LogP contribution in [0.2, 0.25) is 0 Å². The lowest BCUT2D eigenvalue weighted by atomic mass is 9.96. The quantitative estimate of drug-likeness (QED) is 0.801. The molecule has 0 atom stereocenters. The molecule has 0 saturated heterocycles. The Morgan fingerprint density at radius 2 is 2.19 bits per heavy atom. The fraction of sp³-hybridized carbons (Fsp3) is 0.692. The summed E-state index contributed by atoms with van der Waals surface area (Å²) in [7, 11) is 0. The van der Waals surface area contributed by atoms with Crippen LogP contribution in [0.4, 0.5) is 0 Å². The molecule has 3 heteroatoms. The molecule has 3 nitrogen and oxygen atoms in total. The van der Waals surface area contributed by atoms with Gasteiger partial charge in [-0.2, -0.15) is 0 Å². The summed E-state index contributed by atoms with van der Waals surface area (Å²) >= 11 is 0. The van der Waals surface area contributed by atoms with E-state index in [2.05, 4.69) is 5.32 Å². The zero-order valence-electron chi connectivity index (χ0n) is 9.58. The summed E-state index contributed by atoms with van der Waals surface area (Å²) in [4.78, 5) is 0. The molecule has 1 aromatic rings. The molecular weight excluding hydrogens is 202 g/mol. The van der Waals surface area contributed by atoms with E-state index in [0.29, 0.717) is 12.7 Å². The average molecular weight is 221 g/mol. The van der Waals surface area contributed by atoms with Crippen molar-refractivity contribution in [3.63, 3.8) is 0 Å². The van der Waals surface area contributed by atoms with Crippen molar-refractivity contribution in [2.75, 3.05) is 0 Å². The second kappa shape index (κ2) is 4.60. The van der Waals surface area contributed by atoms with Gasteiger partial charge in [-0.25, -0.2) is 0 Å². The molecule has 2 saturated carbocycles. The van der Waals surface area contributed by atoms with E-state index in [9.17, 15) is 0 Å². The van der Waals surface area contributed by atoms with Crippen LogP contribution >= 0.6 is 0 Å². The van der Waals surface area contributed by atoms with Crippen LogP contribution in [0, 0.1) is 0 Å². The standard InChI is InChI=1S/C13H19NO2/c1-2-12(3-1)16-9-10-6-7-15-13(10)8-14-11-4-5-11/h6-7,11-12,14H,1-5,8-9H2. The van der Waals surface area contributed by atoms with E-state index in [1.807, 2.05) is 6.07 Å². The van der Waals surface area contributed by atoms with Gasteiger partial charge in [0, 0.05) is 11.6 Å². The highest BCUT2D eigenvalue weighted by Crippen LogP contribution is 2.24. The van der Waals surface area contributed by atoms with Gasteiger partial charge in [0.25, 0.3) is 0 Å². The van der Waals surface area contributed by atoms with E-state index < -0.39 is 0 Å². The van der Waals surface area contributed by atoms with Crippen LogP contribution < -0.4 is 5.32 Å². The molecule has 1 heterocycles. The van der Waals surface area contributed by atoms with Gasteiger partial charge in [-0.1, -0.05) is 0 Å². The summed E-state index contributed by atoms with van der Waals surface area (Å²) in [5.41, 5.74) is 1.21. The Kier molecular flexibility index (Phi) is 2.98. The summed E-state index contributed by atoms with van der Waals surface area (Å²) < 4.78 is 11.3. The van der Waals surface area contributed by atoms with Crippen LogP contribution in [-0.4, -0.2) is 12.1 Å². The van der Waals surface area contributed by atoms with Crippen molar-refractivity contribution >= 4 is 0 Å². The third kappa shape index (κ3) is 2.47. The number of furan rings is 1. The molecule has 88 valence electrons. The van der Waals surface area contributed by atoms with Crippen molar-refractivity contribution in [1.82, 2.24) is 5.32 Å². The zero-order valence-corrected chi connectivity index (χ0v) is 9.58. The van der Waals surface area contributed by atoms with E-state index in [4.69, 9.17) is 9.15 Å². The highest BCUT2D eigenvalue weighted by atomic mass is 16.5. The van der Waals surface area contributed by atoms with Gasteiger partial charge < -0.3 is 14.5 Å². The normalized spacial score (nSPS) is 21.0. The first kappa shape index (κ1) is 10.4. The first-order chi connectivity index (χ1) is 7.92. The Balaban J connectivity index is 1.49. The summed E-state index contributed by atoms with van der Waals surface area (Å²) in [6, 6.07) is 2.76. The molecule has 3 rings (SSSR count). The second-order valence-corrected chi connectivity index (χ2v) is 4.89. The monoisotopic (exact) mass is 221 g/mol. The Morgan fingerprint density at radius 1 is 1.31 bits per heavy atom. The lowest BCUT2D eigenvalue weighted by molar-refractivity contribution is -0.00923. The third-order valence-corrected chi connectivity index (χ3v) is 3.49. The molecular formula is C13H19NO2. The predicted molar refractivity (Wildman–Crippen MR) is 61.0 cm³/mol. The van der Waals surface area contributed by atoms with Gasteiger partial charge in [0.05, 0.1) is 25.5 Å². The molecule has 0 spiro atoms. The van der Waals surface area contributed by atoms with Gasteiger partial charge in [-0.3, -0.25) is 0 Å². The maximum atomic E-state index is 5.80. The van der Waals surface area contributed by atoms with Gasteiger partial charge in [0.2, 0.25) is 0 Å². The average Bonchev–Trinajstić information content (AvgIpc) is 2.94. The zero-order chi connectivity index (χ0) is 10.8. The lowest BCUT2D eigenvalue weighted by Crippen LogP contribution is -2.21. The van der Waals surface area contributed by atoms with E-state index in [0.717, 1.165) is 18.3 Å². The SMILES string of the molecule is c1cc(COC2CCC2)c(CNC2CC2)o1. The highest BCUT2D eigenvalue weighted by Gasteiger charge is 2.22. The number of nitrogens with one attached hydrogen (secondary N) is 1. The maximum Gasteiger partial charge on any atom is 0.123 e. The van der Waals surface area contributed by atoms with Gasteiger partial charge in [0.15, 0.2) is 0 Å². The van der Waals surface area contributed by atoms with Gasteiger partial charge in [0.1, 0.15) is 5.76 Å². The molecule has 0 radical (unpaired) electrons. The van der Waals surface area contributed by atoms with E-state index in [-0.39, 0.29) is 0 Å². The summed E-state index contributed by atoms with van der Waals surface area (Å²) in [6.45, 7) is 1.56. The smallest absolute Gasteiger partial charge is 0.123 e. The molecule has 0 aromatic carbocycles. The number of ether oxygens (including phenoxy) is 1. The van der Waals surface area contributed by atoms with Crippen LogP contribution in [-0.2, 0) is 17.9 Å². The van der Waals surface area contributed by atoms with Gasteiger partial charge in [-0.05, 0) is 38.2 Å². The van der Waals surface area contributed by atoms with E-state index >= 15 is 0 Å². The molecule has 1 aromatic heterocycles. The van der Waals surface area contributed by atoms with Crippen LogP contribution in [0.25, 0.3) is 0 Å². The molecule has 2 fully saturated rings. The number of rotatable bonds is 6. The first-order valence-electron chi connectivity index (χ1n) is 6.32. The Hall–Kier alpha value is -0.800. The Labute approximate surface area is 96.2 Å². The molecule has 1 N–H and O–H groups in total. The summed E-state index contributed by atoms with van der Waals surface area (Å²) in [5, 5.41) is 3.47. The third-order valence-electron chi connectivity index (χ3n) is 3.49. The number of hydrogen-bond acceptors (Lipinski definition) is 3. The number of hydrogen-bond donors (Lipinski definition) is 1. The minimum absolute atomic E-state index is 0.499. The fourth-order valence-corrected chi connectivity index (χ4v) is 1.92. The van der Waals surface area contributed by atoms with Crippen molar-refractivity contribution < 1.29 is 9.15 Å². The molecule has 16 heavy (non-hydrogen) atoms. The molecule has 0 bridgehead atoms. The first-order valence-corrected chi connectivity index (χ1v) is 6.32. The largest absolute Gasteiger partial charge is 0.468 e. The fourth-order valence-electron chi connectivity index (χ4n) is 1.92.